The highest BCUT2D eigenvalue weighted by molar-refractivity contribution is 5.68. The Balaban J connectivity index is 2.59. The second-order valence-corrected chi connectivity index (χ2v) is 2.15. The quantitative estimate of drug-likeness (QED) is 0.515. The predicted octanol–water partition coefficient (Wildman–Crippen LogP) is 2.05. The van der Waals surface area contributed by atoms with Gasteiger partial charge in [0.15, 0.2) is 0 Å². The normalized spacial score (nSPS) is 12.9. The van der Waals surface area contributed by atoms with E-state index in [1.807, 2.05) is 6.08 Å². The monoisotopic (exact) mass is 134 g/mol. The van der Waals surface area contributed by atoms with Gasteiger partial charge in [0, 0.05) is 17.8 Å². The van der Waals surface area contributed by atoms with Crippen LogP contribution in [0.1, 0.15) is 5.56 Å². The Morgan fingerprint density at radius 2 is 2.20 bits per heavy atom. The zero-order chi connectivity index (χ0) is 6.97. The van der Waals surface area contributed by atoms with Gasteiger partial charge < -0.3 is 0 Å². The highest BCUT2D eigenvalue weighted by Crippen LogP contribution is 2.23. The summed E-state index contributed by atoms with van der Waals surface area (Å²) in [4.78, 5) is 0. The molecule has 2 heteroatoms. The van der Waals surface area contributed by atoms with E-state index in [-0.39, 0.29) is 5.82 Å². The van der Waals surface area contributed by atoms with Crippen LogP contribution >= 0.6 is 0 Å². The molecule has 1 aliphatic heterocycles. The van der Waals surface area contributed by atoms with Crippen LogP contribution in [0.2, 0.25) is 0 Å². The molecule has 0 saturated heterocycles. The van der Waals surface area contributed by atoms with E-state index in [0.717, 1.165) is 11.3 Å². The molecule has 1 heterocycles. The van der Waals surface area contributed by atoms with Gasteiger partial charge in [-0.05, 0) is 18.2 Å². The molecule has 1 aliphatic rings. The average Bonchev–Trinajstić information content (AvgIpc) is 2.33. The zero-order valence-corrected chi connectivity index (χ0v) is 5.21. The first-order chi connectivity index (χ1) is 4.86. The Hall–Kier alpha value is -1.31. The third-order valence-corrected chi connectivity index (χ3v) is 1.46. The van der Waals surface area contributed by atoms with E-state index in [4.69, 9.17) is 0 Å². The van der Waals surface area contributed by atoms with Crippen molar-refractivity contribution in [2.75, 3.05) is 0 Å². The highest BCUT2D eigenvalue weighted by Gasteiger charge is 2.05. The van der Waals surface area contributed by atoms with E-state index in [2.05, 4.69) is 5.32 Å². The van der Waals surface area contributed by atoms with E-state index < -0.39 is 0 Å². The van der Waals surface area contributed by atoms with Gasteiger partial charge >= 0.3 is 0 Å². The number of fused-ring (bicyclic) bond motifs is 1. The van der Waals surface area contributed by atoms with Crippen molar-refractivity contribution in [1.29, 1.82) is 0 Å². The standard InChI is InChI=1S/C8H5FN/c9-7-2-1-6-3-4-10-8(6)5-7/h1-5H. The Morgan fingerprint density at radius 1 is 1.30 bits per heavy atom. The first-order valence-corrected chi connectivity index (χ1v) is 3.03. The van der Waals surface area contributed by atoms with Crippen LogP contribution in [0.5, 0.6) is 0 Å². The number of nitrogens with zero attached hydrogens (tertiary/aromatic N) is 1. The number of halogens is 1. The van der Waals surface area contributed by atoms with Crippen LogP contribution < -0.4 is 5.32 Å². The molecule has 49 valence electrons. The number of benzene rings is 1. The molecule has 0 bridgehead atoms. The second kappa shape index (κ2) is 1.84. The lowest BCUT2D eigenvalue weighted by Crippen LogP contribution is -1.82. The maximum Gasteiger partial charge on any atom is 0.125 e. The molecule has 0 fully saturated rings. The Labute approximate surface area is 58.2 Å². The minimum absolute atomic E-state index is 0.230. The smallest absolute Gasteiger partial charge is 0.125 e. The van der Waals surface area contributed by atoms with Gasteiger partial charge in [-0.25, -0.2) is 4.39 Å². The molecule has 0 aliphatic carbocycles. The Kier molecular flexibility index (Phi) is 1.01. The summed E-state index contributed by atoms with van der Waals surface area (Å²) in [6.07, 6.45) is 3.53. The van der Waals surface area contributed by atoms with Gasteiger partial charge in [0.1, 0.15) is 5.82 Å². The Morgan fingerprint density at radius 3 is 3.10 bits per heavy atom. The van der Waals surface area contributed by atoms with Crippen LogP contribution in [0, 0.1) is 5.82 Å². The van der Waals surface area contributed by atoms with Crippen molar-refractivity contribution < 1.29 is 4.39 Å². The van der Waals surface area contributed by atoms with Gasteiger partial charge in [-0.2, -0.15) is 0 Å². The zero-order valence-electron chi connectivity index (χ0n) is 5.21. The van der Waals surface area contributed by atoms with Gasteiger partial charge in [-0.1, -0.05) is 0 Å². The second-order valence-electron chi connectivity index (χ2n) is 2.15. The molecule has 0 aromatic heterocycles. The summed E-state index contributed by atoms with van der Waals surface area (Å²) in [5.74, 6) is -0.230. The molecule has 0 spiro atoms. The molecule has 1 radical (unpaired) electrons. The molecular weight excluding hydrogens is 129 g/mol. The van der Waals surface area contributed by atoms with E-state index in [1.54, 1.807) is 12.3 Å². The van der Waals surface area contributed by atoms with Gasteiger partial charge in [0.2, 0.25) is 0 Å². The fraction of sp³-hybridized carbons (Fsp3) is 0. The molecule has 0 unspecified atom stereocenters. The molecule has 1 aromatic carbocycles. The van der Waals surface area contributed by atoms with Crippen molar-refractivity contribution in [3.8, 4) is 0 Å². The molecule has 1 nitrogen and oxygen atoms in total. The molecule has 0 N–H and O–H groups in total. The van der Waals surface area contributed by atoms with Gasteiger partial charge in [0.05, 0.1) is 5.69 Å². The van der Waals surface area contributed by atoms with Gasteiger partial charge in [-0.15, -0.1) is 0 Å². The summed E-state index contributed by atoms with van der Waals surface area (Å²) in [6.45, 7) is 0. The number of hydrogen-bond donors (Lipinski definition) is 0. The number of hydrogen-bond acceptors (Lipinski definition) is 0. The predicted molar refractivity (Wildman–Crippen MR) is 37.2 cm³/mol. The summed E-state index contributed by atoms with van der Waals surface area (Å²) in [6, 6.07) is 4.58. The van der Waals surface area contributed by atoms with Crippen molar-refractivity contribution in [1.82, 2.24) is 5.32 Å². The third kappa shape index (κ3) is 0.692. The molecular formula is C8H5FN. The van der Waals surface area contributed by atoms with Crippen LogP contribution in [0.25, 0.3) is 6.08 Å². The van der Waals surface area contributed by atoms with Crippen molar-refractivity contribution in [2.24, 2.45) is 0 Å². The van der Waals surface area contributed by atoms with E-state index >= 15 is 0 Å². The first kappa shape index (κ1) is 5.47. The summed E-state index contributed by atoms with van der Waals surface area (Å²) < 4.78 is 12.5. The molecule has 1 aromatic rings. The van der Waals surface area contributed by atoms with E-state index in [9.17, 15) is 4.39 Å². The maximum atomic E-state index is 12.5. The summed E-state index contributed by atoms with van der Waals surface area (Å²) in [5, 5.41) is 3.94. The molecule has 2 rings (SSSR count). The Bertz CT molecular complexity index is 291. The largest absolute Gasteiger partial charge is 0.256 e. The van der Waals surface area contributed by atoms with Gasteiger partial charge in [-0.3, -0.25) is 5.32 Å². The van der Waals surface area contributed by atoms with Crippen molar-refractivity contribution >= 4 is 11.8 Å². The fourth-order valence-electron chi connectivity index (χ4n) is 0.967. The van der Waals surface area contributed by atoms with Crippen LogP contribution in [0.3, 0.4) is 0 Å². The van der Waals surface area contributed by atoms with E-state index in [1.165, 1.54) is 12.1 Å². The minimum Gasteiger partial charge on any atom is -0.256 e. The lowest BCUT2D eigenvalue weighted by atomic mass is 10.2. The molecule has 0 atom stereocenters. The fourth-order valence-corrected chi connectivity index (χ4v) is 0.967. The van der Waals surface area contributed by atoms with Crippen molar-refractivity contribution in [2.45, 2.75) is 0 Å². The highest BCUT2D eigenvalue weighted by atomic mass is 19.1. The van der Waals surface area contributed by atoms with Crippen molar-refractivity contribution in [3.05, 3.63) is 35.8 Å². The third-order valence-electron chi connectivity index (χ3n) is 1.46. The maximum absolute atomic E-state index is 12.5. The average molecular weight is 134 g/mol. The summed E-state index contributed by atoms with van der Waals surface area (Å²) in [7, 11) is 0. The summed E-state index contributed by atoms with van der Waals surface area (Å²) >= 11 is 0. The SMILES string of the molecule is Fc1ccc2c(c1)[N]C=C2. The van der Waals surface area contributed by atoms with Crippen LogP contribution in [-0.2, 0) is 0 Å². The molecule has 10 heavy (non-hydrogen) atoms. The topological polar surface area (TPSA) is 14.1 Å². The lowest BCUT2D eigenvalue weighted by Gasteiger charge is -1.94. The first-order valence-electron chi connectivity index (χ1n) is 3.03. The summed E-state index contributed by atoms with van der Waals surface area (Å²) in [5.41, 5.74) is 1.71. The van der Waals surface area contributed by atoms with Crippen molar-refractivity contribution in [3.63, 3.8) is 0 Å². The molecule has 0 saturated carbocycles. The van der Waals surface area contributed by atoms with Crippen LogP contribution in [-0.4, -0.2) is 0 Å². The molecule has 0 amide bonds. The van der Waals surface area contributed by atoms with Crippen LogP contribution in [0.4, 0.5) is 10.1 Å². The van der Waals surface area contributed by atoms with Gasteiger partial charge in [0.25, 0.3) is 0 Å². The lowest BCUT2D eigenvalue weighted by molar-refractivity contribution is 0.627. The van der Waals surface area contributed by atoms with Crippen LogP contribution in [0.15, 0.2) is 24.4 Å². The van der Waals surface area contributed by atoms with E-state index in [0.29, 0.717) is 0 Å². The minimum atomic E-state index is -0.230. The number of rotatable bonds is 0.